The third-order valence-corrected chi connectivity index (χ3v) is 4.50. The molecule has 0 radical (unpaired) electrons. The van der Waals surface area contributed by atoms with Crippen LogP contribution in [0.5, 0.6) is 0 Å². The normalized spacial score (nSPS) is 17.1. The Hall–Kier alpha value is -3.09. The Kier molecular flexibility index (Phi) is 4.68. The Labute approximate surface area is 152 Å². The lowest BCUT2D eigenvalue weighted by atomic mass is 9.94. The van der Waals surface area contributed by atoms with Crippen LogP contribution in [0.25, 0.3) is 0 Å². The number of anilines is 3. The smallest absolute Gasteiger partial charge is 0.225 e. The summed E-state index contributed by atoms with van der Waals surface area (Å²) in [4.78, 5) is 24.6. The number of piperidine rings is 1. The van der Waals surface area contributed by atoms with Gasteiger partial charge >= 0.3 is 0 Å². The Morgan fingerprint density at radius 2 is 1.85 bits per heavy atom. The van der Waals surface area contributed by atoms with Crippen LogP contribution in [0, 0.1) is 6.92 Å². The molecule has 0 amide bonds. The van der Waals surface area contributed by atoms with E-state index < -0.39 is 0 Å². The van der Waals surface area contributed by atoms with E-state index in [1.54, 1.807) is 24.8 Å². The molecule has 0 aromatic carbocycles. The van der Waals surface area contributed by atoms with E-state index >= 15 is 0 Å². The number of aromatic nitrogens is 5. The number of nitrogens with one attached hydrogen (secondary N) is 1. The van der Waals surface area contributed by atoms with Gasteiger partial charge in [-0.1, -0.05) is 6.07 Å². The largest absolute Gasteiger partial charge is 0.340 e. The molecule has 0 spiro atoms. The standard InChI is InChI=1S/C19H21N7/c1-14-5-2-7-16(24-14)25-18-17(20-10-11-21-18)15-6-3-12-26(13-15)19-22-8-4-9-23-19/h2,4-5,7-11,15H,3,6,12-13H2,1H3,(H,21,24,25)/t15-/m1/s1. The first-order valence-electron chi connectivity index (χ1n) is 8.83. The van der Waals surface area contributed by atoms with Gasteiger partial charge in [0.2, 0.25) is 5.95 Å². The molecule has 1 fully saturated rings. The van der Waals surface area contributed by atoms with E-state index in [2.05, 4.69) is 35.1 Å². The van der Waals surface area contributed by atoms with E-state index in [1.807, 2.05) is 31.2 Å². The van der Waals surface area contributed by atoms with Crippen LogP contribution in [0.4, 0.5) is 17.6 Å². The van der Waals surface area contributed by atoms with Crippen molar-refractivity contribution in [1.29, 1.82) is 0 Å². The van der Waals surface area contributed by atoms with Crippen molar-refractivity contribution in [2.45, 2.75) is 25.7 Å². The first-order valence-corrected chi connectivity index (χ1v) is 8.83. The van der Waals surface area contributed by atoms with Gasteiger partial charge in [0.15, 0.2) is 5.82 Å². The van der Waals surface area contributed by atoms with Gasteiger partial charge in [0.1, 0.15) is 5.82 Å². The van der Waals surface area contributed by atoms with Crippen molar-refractivity contribution in [1.82, 2.24) is 24.9 Å². The van der Waals surface area contributed by atoms with E-state index in [4.69, 9.17) is 0 Å². The molecule has 0 unspecified atom stereocenters. The molecule has 7 nitrogen and oxygen atoms in total. The second-order valence-electron chi connectivity index (χ2n) is 6.41. The fourth-order valence-corrected chi connectivity index (χ4v) is 3.31. The van der Waals surface area contributed by atoms with Crippen molar-refractivity contribution in [2.24, 2.45) is 0 Å². The highest BCUT2D eigenvalue weighted by atomic mass is 15.3. The SMILES string of the molecule is Cc1cccc(Nc2nccnc2[C@@H]2CCCN(c3ncccn3)C2)n1. The maximum atomic E-state index is 4.63. The van der Waals surface area contributed by atoms with Crippen LogP contribution in [0.15, 0.2) is 49.1 Å². The molecule has 3 aromatic heterocycles. The van der Waals surface area contributed by atoms with Crippen LogP contribution in [0.3, 0.4) is 0 Å². The van der Waals surface area contributed by atoms with Crippen molar-refractivity contribution in [3.63, 3.8) is 0 Å². The summed E-state index contributed by atoms with van der Waals surface area (Å²) in [5.41, 5.74) is 1.93. The minimum absolute atomic E-state index is 0.272. The van der Waals surface area contributed by atoms with E-state index in [9.17, 15) is 0 Å². The topological polar surface area (TPSA) is 79.7 Å². The van der Waals surface area contributed by atoms with E-state index in [0.29, 0.717) is 0 Å². The third-order valence-electron chi connectivity index (χ3n) is 4.50. The zero-order chi connectivity index (χ0) is 17.8. The fourth-order valence-electron chi connectivity index (χ4n) is 3.31. The molecule has 0 bridgehead atoms. The molecule has 1 atom stereocenters. The highest BCUT2D eigenvalue weighted by Crippen LogP contribution is 2.31. The Morgan fingerprint density at radius 1 is 1.00 bits per heavy atom. The first kappa shape index (κ1) is 16.4. The Morgan fingerprint density at radius 3 is 2.69 bits per heavy atom. The monoisotopic (exact) mass is 347 g/mol. The summed E-state index contributed by atoms with van der Waals surface area (Å²) < 4.78 is 0. The fraction of sp³-hybridized carbons (Fsp3) is 0.316. The summed E-state index contributed by atoms with van der Waals surface area (Å²) in [6.45, 7) is 3.77. The average Bonchev–Trinajstić information content (AvgIpc) is 2.69. The zero-order valence-electron chi connectivity index (χ0n) is 14.7. The van der Waals surface area contributed by atoms with Crippen molar-refractivity contribution in [3.05, 3.63) is 60.4 Å². The van der Waals surface area contributed by atoms with Crippen LogP contribution in [-0.4, -0.2) is 38.0 Å². The molecular weight excluding hydrogens is 326 g/mol. The highest BCUT2D eigenvalue weighted by Gasteiger charge is 2.26. The maximum Gasteiger partial charge on any atom is 0.225 e. The third kappa shape index (κ3) is 3.61. The van der Waals surface area contributed by atoms with Gasteiger partial charge in [-0.25, -0.2) is 19.9 Å². The van der Waals surface area contributed by atoms with Gasteiger partial charge in [0.05, 0.1) is 5.69 Å². The number of aryl methyl sites for hydroxylation is 1. The summed E-state index contributed by atoms with van der Waals surface area (Å²) in [6, 6.07) is 7.73. The summed E-state index contributed by atoms with van der Waals surface area (Å²) in [6.07, 6.45) is 9.17. The molecule has 4 rings (SSSR count). The molecule has 7 heteroatoms. The van der Waals surface area contributed by atoms with E-state index in [1.165, 1.54) is 0 Å². The Bertz CT molecular complexity index is 869. The molecule has 26 heavy (non-hydrogen) atoms. The molecule has 132 valence electrons. The second kappa shape index (κ2) is 7.43. The summed E-state index contributed by atoms with van der Waals surface area (Å²) in [7, 11) is 0. The zero-order valence-corrected chi connectivity index (χ0v) is 14.7. The minimum Gasteiger partial charge on any atom is -0.340 e. The maximum absolute atomic E-state index is 4.63. The Balaban J connectivity index is 1.57. The van der Waals surface area contributed by atoms with Gasteiger partial charge in [0.25, 0.3) is 0 Å². The lowest BCUT2D eigenvalue weighted by molar-refractivity contribution is 0.495. The molecule has 1 saturated heterocycles. The van der Waals surface area contributed by atoms with Crippen molar-refractivity contribution in [3.8, 4) is 0 Å². The quantitative estimate of drug-likeness (QED) is 0.777. The van der Waals surface area contributed by atoms with Gasteiger partial charge in [-0.2, -0.15) is 0 Å². The van der Waals surface area contributed by atoms with Crippen molar-refractivity contribution >= 4 is 17.6 Å². The predicted molar refractivity (Wildman–Crippen MR) is 101 cm³/mol. The molecule has 4 heterocycles. The van der Waals surface area contributed by atoms with Crippen LogP contribution < -0.4 is 10.2 Å². The number of hydrogen-bond acceptors (Lipinski definition) is 7. The highest BCUT2D eigenvalue weighted by molar-refractivity contribution is 5.55. The van der Waals surface area contributed by atoms with E-state index in [0.717, 1.165) is 54.9 Å². The second-order valence-corrected chi connectivity index (χ2v) is 6.41. The van der Waals surface area contributed by atoms with Gasteiger partial charge in [-0.05, 0) is 38.0 Å². The van der Waals surface area contributed by atoms with Gasteiger partial charge in [-0.15, -0.1) is 0 Å². The van der Waals surface area contributed by atoms with Crippen LogP contribution >= 0.6 is 0 Å². The molecule has 1 aliphatic heterocycles. The summed E-state index contributed by atoms with van der Waals surface area (Å²) in [5.74, 6) is 2.60. The molecular formula is C19H21N7. The first-order chi connectivity index (χ1) is 12.8. The van der Waals surface area contributed by atoms with Gasteiger partial charge in [-0.3, -0.25) is 4.98 Å². The lowest BCUT2D eigenvalue weighted by Gasteiger charge is -2.32. The van der Waals surface area contributed by atoms with Crippen LogP contribution in [0.2, 0.25) is 0 Å². The predicted octanol–water partition coefficient (Wildman–Crippen LogP) is 3.10. The molecule has 3 aromatic rings. The number of rotatable bonds is 4. The van der Waals surface area contributed by atoms with Crippen LogP contribution in [0.1, 0.15) is 30.1 Å². The molecule has 0 aliphatic carbocycles. The summed E-state index contributed by atoms with van der Waals surface area (Å²) >= 11 is 0. The number of nitrogens with zero attached hydrogens (tertiary/aromatic N) is 6. The minimum atomic E-state index is 0.272. The number of pyridine rings is 1. The molecule has 1 aliphatic rings. The molecule has 0 saturated carbocycles. The van der Waals surface area contributed by atoms with Crippen molar-refractivity contribution in [2.75, 3.05) is 23.3 Å². The van der Waals surface area contributed by atoms with Crippen LogP contribution in [-0.2, 0) is 0 Å². The van der Waals surface area contributed by atoms with Crippen molar-refractivity contribution < 1.29 is 0 Å². The number of hydrogen-bond donors (Lipinski definition) is 1. The van der Waals surface area contributed by atoms with Gasteiger partial charge < -0.3 is 10.2 Å². The average molecular weight is 347 g/mol. The lowest BCUT2D eigenvalue weighted by Crippen LogP contribution is -2.36. The summed E-state index contributed by atoms with van der Waals surface area (Å²) in [5, 5.41) is 3.33. The van der Waals surface area contributed by atoms with E-state index in [-0.39, 0.29) is 5.92 Å². The van der Waals surface area contributed by atoms with Gasteiger partial charge in [0, 0.05) is 49.5 Å². The molecule has 1 N–H and O–H groups in total.